The van der Waals surface area contributed by atoms with Crippen LogP contribution in [0.1, 0.15) is 64.9 Å². The van der Waals surface area contributed by atoms with Crippen molar-refractivity contribution >= 4 is 27.4 Å². The molecule has 2 saturated heterocycles. The van der Waals surface area contributed by atoms with E-state index in [1.165, 1.54) is 18.5 Å². The standard InChI is InChI=1S/C26H33FN4O5S/c1-15-23(30-20-10-9-18(13-19(20)27)37(33,34)17-6-5-7-17)28-14-29-24(15)35-22-12-16-8-11-21(22)31(16)25(32)36-26(2,3)4/h9-10,13-14,16-17,21-22H,5-8,11-12H2,1-4H3,(H,28,29,30)/t16?,21?,22-/m0/s1. The maximum Gasteiger partial charge on any atom is 0.410 e. The fourth-order valence-corrected chi connectivity index (χ4v) is 7.12. The Morgan fingerprint density at radius 3 is 2.57 bits per heavy atom. The van der Waals surface area contributed by atoms with Gasteiger partial charge in [-0.3, -0.25) is 4.90 Å². The number of benzene rings is 1. The molecule has 2 unspecified atom stereocenters. The molecular formula is C26H33FN4O5S. The first-order valence-electron chi connectivity index (χ1n) is 12.7. The van der Waals surface area contributed by atoms with Gasteiger partial charge in [0.2, 0.25) is 5.88 Å². The van der Waals surface area contributed by atoms with E-state index in [9.17, 15) is 17.6 Å². The summed E-state index contributed by atoms with van der Waals surface area (Å²) in [5, 5.41) is 2.52. The predicted molar refractivity (Wildman–Crippen MR) is 135 cm³/mol. The number of hydrogen-bond donors (Lipinski definition) is 1. The quantitative estimate of drug-likeness (QED) is 0.559. The fourth-order valence-electron chi connectivity index (χ4n) is 5.26. The summed E-state index contributed by atoms with van der Waals surface area (Å²) in [4.78, 5) is 23.1. The number of nitrogens with one attached hydrogen (secondary N) is 1. The van der Waals surface area contributed by atoms with Gasteiger partial charge < -0.3 is 14.8 Å². The zero-order valence-corrected chi connectivity index (χ0v) is 22.3. The molecular weight excluding hydrogens is 499 g/mol. The number of aromatic nitrogens is 2. The third kappa shape index (κ3) is 4.97. The molecule has 37 heavy (non-hydrogen) atoms. The molecule has 200 valence electrons. The molecule has 1 N–H and O–H groups in total. The van der Waals surface area contributed by atoms with E-state index in [0.717, 1.165) is 25.3 Å². The number of hydrogen-bond acceptors (Lipinski definition) is 8. The van der Waals surface area contributed by atoms with Crippen molar-refractivity contribution in [3.63, 3.8) is 0 Å². The van der Waals surface area contributed by atoms with Crippen molar-refractivity contribution in [1.29, 1.82) is 0 Å². The molecule has 1 saturated carbocycles. The normalized spacial score (nSPS) is 23.6. The summed E-state index contributed by atoms with van der Waals surface area (Å²) >= 11 is 0. The van der Waals surface area contributed by atoms with E-state index >= 15 is 0 Å². The third-order valence-electron chi connectivity index (χ3n) is 7.40. The highest BCUT2D eigenvalue weighted by molar-refractivity contribution is 7.92. The molecule has 1 aromatic heterocycles. The summed E-state index contributed by atoms with van der Waals surface area (Å²) < 4.78 is 52.0. The van der Waals surface area contributed by atoms with Crippen molar-refractivity contribution in [3.05, 3.63) is 35.9 Å². The Morgan fingerprint density at radius 1 is 1.16 bits per heavy atom. The minimum atomic E-state index is -3.52. The maximum absolute atomic E-state index is 14.9. The molecule has 1 amide bonds. The van der Waals surface area contributed by atoms with E-state index in [1.54, 1.807) is 11.8 Å². The van der Waals surface area contributed by atoms with Crippen LogP contribution >= 0.6 is 0 Å². The largest absolute Gasteiger partial charge is 0.472 e. The van der Waals surface area contributed by atoms with E-state index < -0.39 is 26.5 Å². The van der Waals surface area contributed by atoms with Crippen LogP contribution in [-0.4, -0.2) is 58.4 Å². The highest BCUT2D eigenvalue weighted by Gasteiger charge is 2.51. The lowest BCUT2D eigenvalue weighted by molar-refractivity contribution is 0.0180. The van der Waals surface area contributed by atoms with Crippen LogP contribution in [0.3, 0.4) is 0 Å². The molecule has 3 heterocycles. The monoisotopic (exact) mass is 532 g/mol. The summed E-state index contributed by atoms with van der Waals surface area (Å²) in [5.74, 6) is 0.0245. The molecule has 2 aromatic rings. The van der Waals surface area contributed by atoms with E-state index in [2.05, 4.69) is 15.3 Å². The van der Waals surface area contributed by atoms with E-state index in [-0.39, 0.29) is 34.9 Å². The van der Waals surface area contributed by atoms with Crippen LogP contribution in [0.2, 0.25) is 0 Å². The molecule has 2 bridgehead atoms. The molecule has 3 atom stereocenters. The van der Waals surface area contributed by atoms with Crippen molar-refractivity contribution in [3.8, 4) is 5.88 Å². The predicted octanol–water partition coefficient (Wildman–Crippen LogP) is 4.91. The highest BCUT2D eigenvalue weighted by Crippen LogP contribution is 2.41. The van der Waals surface area contributed by atoms with Crippen LogP contribution in [0.25, 0.3) is 0 Å². The lowest BCUT2D eigenvalue weighted by atomic mass is 9.98. The number of sulfone groups is 1. The second kappa shape index (κ2) is 9.41. The Bertz CT molecular complexity index is 1310. The zero-order chi connectivity index (χ0) is 26.5. The van der Waals surface area contributed by atoms with Gasteiger partial charge in [0.25, 0.3) is 0 Å². The lowest BCUT2D eigenvalue weighted by Gasteiger charge is -2.28. The number of anilines is 2. The topological polar surface area (TPSA) is 111 Å². The van der Waals surface area contributed by atoms with Crippen molar-refractivity contribution in [2.75, 3.05) is 5.32 Å². The average Bonchev–Trinajstić information content (AvgIpc) is 3.33. The van der Waals surface area contributed by atoms with E-state index in [1.807, 2.05) is 20.8 Å². The number of amides is 1. The third-order valence-corrected chi connectivity index (χ3v) is 9.66. The minimum absolute atomic E-state index is 0.00508. The maximum atomic E-state index is 14.9. The molecule has 0 radical (unpaired) electrons. The smallest absolute Gasteiger partial charge is 0.410 e. The van der Waals surface area contributed by atoms with Crippen molar-refractivity contribution < 1.29 is 27.1 Å². The minimum Gasteiger partial charge on any atom is -0.472 e. The Morgan fingerprint density at radius 2 is 1.92 bits per heavy atom. The highest BCUT2D eigenvalue weighted by atomic mass is 32.2. The van der Waals surface area contributed by atoms with Crippen LogP contribution < -0.4 is 10.1 Å². The van der Waals surface area contributed by atoms with Crippen molar-refractivity contribution in [2.45, 2.75) is 100 Å². The summed E-state index contributed by atoms with van der Waals surface area (Å²) in [6, 6.07) is 3.86. The molecule has 0 spiro atoms. The molecule has 9 nitrogen and oxygen atoms in total. The number of carbonyl (C=O) groups is 1. The Kier molecular flexibility index (Phi) is 6.54. The van der Waals surface area contributed by atoms with Gasteiger partial charge in [0, 0.05) is 12.5 Å². The Hall–Kier alpha value is -2.95. The molecule has 11 heteroatoms. The summed E-state index contributed by atoms with van der Waals surface area (Å²) in [6.45, 7) is 7.31. The van der Waals surface area contributed by atoms with E-state index in [4.69, 9.17) is 9.47 Å². The van der Waals surface area contributed by atoms with Crippen molar-refractivity contribution in [2.24, 2.45) is 0 Å². The van der Waals surface area contributed by atoms with Gasteiger partial charge in [-0.25, -0.2) is 27.6 Å². The number of carbonyl (C=O) groups excluding carboxylic acids is 1. The number of ether oxygens (including phenoxy) is 2. The van der Waals surface area contributed by atoms with Crippen LogP contribution in [0, 0.1) is 12.7 Å². The van der Waals surface area contributed by atoms with E-state index in [0.29, 0.717) is 36.5 Å². The number of fused-ring (bicyclic) bond motifs is 2. The number of nitrogens with zero attached hydrogens (tertiary/aromatic N) is 3. The van der Waals surface area contributed by atoms with Gasteiger partial charge in [-0.15, -0.1) is 0 Å². The fraction of sp³-hybridized carbons (Fsp3) is 0.577. The lowest BCUT2D eigenvalue weighted by Crippen LogP contribution is -2.42. The first kappa shape index (κ1) is 25.7. The first-order chi connectivity index (χ1) is 17.4. The summed E-state index contributed by atoms with van der Waals surface area (Å²) in [7, 11) is -3.52. The second-order valence-corrected chi connectivity index (χ2v) is 13.3. The SMILES string of the molecule is Cc1c(Nc2ccc(S(=O)(=O)C3CCC3)cc2F)ncnc1O[C@H]1CC2CCC1N2C(=O)OC(C)(C)C. The Balaban J connectivity index is 1.30. The first-order valence-corrected chi connectivity index (χ1v) is 14.3. The van der Waals surface area contributed by atoms with Crippen LogP contribution in [-0.2, 0) is 14.6 Å². The number of halogens is 1. The molecule has 5 rings (SSSR count). The van der Waals surface area contributed by atoms with Gasteiger partial charge in [-0.1, -0.05) is 6.42 Å². The average molecular weight is 533 g/mol. The van der Waals surface area contributed by atoms with Crippen LogP contribution in [0.5, 0.6) is 5.88 Å². The molecule has 2 aliphatic heterocycles. The molecule has 3 fully saturated rings. The van der Waals surface area contributed by atoms with Crippen LogP contribution in [0.4, 0.5) is 20.7 Å². The number of rotatable bonds is 6. The molecule has 1 aliphatic carbocycles. The van der Waals surface area contributed by atoms with Gasteiger partial charge >= 0.3 is 6.09 Å². The molecule has 1 aromatic carbocycles. The van der Waals surface area contributed by atoms with Crippen LogP contribution in [0.15, 0.2) is 29.4 Å². The second-order valence-electron chi connectivity index (χ2n) is 11.1. The van der Waals surface area contributed by atoms with Gasteiger partial charge in [0.1, 0.15) is 29.7 Å². The van der Waals surface area contributed by atoms with Gasteiger partial charge in [0.15, 0.2) is 9.84 Å². The zero-order valence-electron chi connectivity index (χ0n) is 21.5. The summed E-state index contributed by atoms with van der Waals surface area (Å²) in [5.41, 5.74) is 0.115. The Labute approximate surface area is 216 Å². The molecule has 3 aliphatic rings. The van der Waals surface area contributed by atoms with Gasteiger partial charge in [-0.2, -0.15) is 0 Å². The van der Waals surface area contributed by atoms with Crippen molar-refractivity contribution in [1.82, 2.24) is 14.9 Å². The van der Waals surface area contributed by atoms with Gasteiger partial charge in [-0.05, 0) is 71.6 Å². The summed E-state index contributed by atoms with van der Waals surface area (Å²) in [6.07, 6.45) is 5.29. The van der Waals surface area contributed by atoms with Gasteiger partial charge in [0.05, 0.1) is 27.4 Å².